The Morgan fingerprint density at radius 1 is 1.12 bits per heavy atom. The van der Waals surface area contributed by atoms with Gasteiger partial charge in [-0.2, -0.15) is 0 Å². The van der Waals surface area contributed by atoms with Gasteiger partial charge in [0.15, 0.2) is 23.8 Å². The van der Waals surface area contributed by atoms with Crippen LogP contribution in [0.5, 0.6) is 11.5 Å². The molecule has 2 aromatic carbocycles. The number of ether oxygens (including phenoxy) is 3. The van der Waals surface area contributed by atoms with Crippen molar-refractivity contribution >= 4 is 23.4 Å². The Labute approximate surface area is 193 Å². The molecule has 0 radical (unpaired) electrons. The third-order valence-electron chi connectivity index (χ3n) is 5.22. The molecule has 1 atom stereocenters. The number of likely N-dealkylation sites (N-methyl/N-ethyl adjacent to an activating group) is 1. The van der Waals surface area contributed by atoms with E-state index >= 15 is 0 Å². The largest absolute Gasteiger partial charge is 0.485 e. The van der Waals surface area contributed by atoms with Gasteiger partial charge in [-0.25, -0.2) is 9.59 Å². The summed E-state index contributed by atoms with van der Waals surface area (Å²) in [6.07, 6.45) is -1.05. The molecule has 0 saturated carbocycles. The fourth-order valence-corrected chi connectivity index (χ4v) is 3.41. The number of carbonyl (C=O) groups is 2. The maximum absolute atomic E-state index is 12.7. The monoisotopic (exact) mass is 466 g/mol. The average Bonchev–Trinajstić information content (AvgIpc) is 2.85. The van der Waals surface area contributed by atoms with Gasteiger partial charge in [0.05, 0.1) is 6.54 Å². The van der Waals surface area contributed by atoms with Crippen LogP contribution in [0.2, 0.25) is 0 Å². The Morgan fingerprint density at radius 3 is 2.53 bits per heavy atom. The van der Waals surface area contributed by atoms with Crippen LogP contribution in [0.4, 0.5) is 11.5 Å². The third kappa shape index (κ3) is 4.63. The molecule has 0 unspecified atom stereocenters. The zero-order valence-electron chi connectivity index (χ0n) is 18.2. The number of esters is 1. The molecule has 3 aromatic rings. The standard InChI is InChI=1S/C23H22N4O7/c1-26(18(28)13-33-22(30)17-12-32-15-9-5-6-10-16(15)34-17)19-20(24)27(23(31)25-21(19)29)11-14-7-3-2-4-8-14/h2-10,17H,11-13,24H2,1H3,(H,25,29,31)/t17-/m0/s1. The van der Waals surface area contributed by atoms with E-state index in [4.69, 9.17) is 19.9 Å². The van der Waals surface area contributed by atoms with Crippen molar-refractivity contribution in [3.63, 3.8) is 0 Å². The number of nitrogens with two attached hydrogens (primary N) is 1. The minimum absolute atomic E-state index is 0.0725. The Balaban J connectivity index is 1.45. The van der Waals surface area contributed by atoms with Crippen LogP contribution in [0, 0.1) is 0 Å². The summed E-state index contributed by atoms with van der Waals surface area (Å²) >= 11 is 0. The molecule has 176 valence electrons. The highest BCUT2D eigenvalue weighted by atomic mass is 16.6. The average molecular weight is 466 g/mol. The third-order valence-corrected chi connectivity index (χ3v) is 5.22. The van der Waals surface area contributed by atoms with Gasteiger partial charge < -0.3 is 24.8 Å². The number of hydrogen-bond donors (Lipinski definition) is 2. The molecule has 2 heterocycles. The Kier molecular flexibility index (Phi) is 6.35. The molecule has 11 heteroatoms. The topological polar surface area (TPSA) is 146 Å². The maximum atomic E-state index is 12.7. The molecule has 0 saturated heterocycles. The van der Waals surface area contributed by atoms with Gasteiger partial charge in [0.2, 0.25) is 6.10 Å². The zero-order valence-corrected chi connectivity index (χ0v) is 18.2. The number of para-hydroxylation sites is 2. The molecule has 34 heavy (non-hydrogen) atoms. The van der Waals surface area contributed by atoms with Gasteiger partial charge in [-0.05, 0) is 17.7 Å². The second kappa shape index (κ2) is 9.53. The summed E-state index contributed by atoms with van der Waals surface area (Å²) in [5.74, 6) is -0.831. The van der Waals surface area contributed by atoms with Crippen molar-refractivity contribution in [3.05, 3.63) is 81.0 Å². The van der Waals surface area contributed by atoms with E-state index in [2.05, 4.69) is 4.98 Å². The predicted octanol–water partition coefficient (Wildman–Crippen LogP) is 0.513. The molecule has 4 rings (SSSR count). The summed E-state index contributed by atoms with van der Waals surface area (Å²) in [6, 6.07) is 15.9. The number of nitrogen functional groups attached to an aromatic ring is 1. The van der Waals surface area contributed by atoms with Crippen molar-refractivity contribution < 1.29 is 23.8 Å². The van der Waals surface area contributed by atoms with Gasteiger partial charge in [-0.3, -0.25) is 19.1 Å². The van der Waals surface area contributed by atoms with Crippen LogP contribution in [-0.2, 0) is 20.9 Å². The highest BCUT2D eigenvalue weighted by Crippen LogP contribution is 2.31. The van der Waals surface area contributed by atoms with Crippen molar-refractivity contribution in [1.82, 2.24) is 9.55 Å². The van der Waals surface area contributed by atoms with Crippen molar-refractivity contribution in [2.45, 2.75) is 12.6 Å². The minimum Gasteiger partial charge on any atom is -0.485 e. The molecular weight excluding hydrogens is 444 g/mol. The number of aromatic nitrogens is 2. The first-order chi connectivity index (χ1) is 16.3. The molecule has 1 amide bonds. The summed E-state index contributed by atoms with van der Waals surface area (Å²) in [5, 5.41) is 0. The predicted molar refractivity (Wildman–Crippen MR) is 122 cm³/mol. The molecule has 11 nitrogen and oxygen atoms in total. The lowest BCUT2D eigenvalue weighted by atomic mass is 10.2. The van der Waals surface area contributed by atoms with E-state index in [-0.39, 0.29) is 24.7 Å². The van der Waals surface area contributed by atoms with E-state index in [0.717, 1.165) is 15.0 Å². The van der Waals surface area contributed by atoms with Crippen LogP contribution in [0.1, 0.15) is 5.56 Å². The van der Waals surface area contributed by atoms with Gasteiger partial charge in [-0.1, -0.05) is 42.5 Å². The first kappa shape index (κ1) is 22.6. The number of rotatable bonds is 6. The van der Waals surface area contributed by atoms with Crippen LogP contribution in [0.25, 0.3) is 0 Å². The SMILES string of the molecule is CN(C(=O)COC(=O)[C@@H]1COc2ccccc2O1)c1c(N)n(Cc2ccccc2)c(=O)[nH]c1=O. The zero-order chi connectivity index (χ0) is 24.2. The quantitative estimate of drug-likeness (QED) is 0.500. The van der Waals surface area contributed by atoms with Crippen LogP contribution < -0.4 is 31.4 Å². The number of carbonyl (C=O) groups excluding carboxylic acids is 2. The van der Waals surface area contributed by atoms with E-state index in [1.165, 1.54) is 7.05 Å². The number of nitrogens with zero attached hydrogens (tertiary/aromatic N) is 2. The smallest absolute Gasteiger partial charge is 0.351 e. The van der Waals surface area contributed by atoms with E-state index in [1.807, 2.05) is 6.07 Å². The summed E-state index contributed by atoms with van der Waals surface area (Å²) in [7, 11) is 1.30. The molecule has 1 aliphatic rings. The molecule has 0 spiro atoms. The van der Waals surface area contributed by atoms with Crippen molar-refractivity contribution in [3.8, 4) is 11.5 Å². The number of aromatic amines is 1. The highest BCUT2D eigenvalue weighted by Gasteiger charge is 2.30. The number of H-pyrrole nitrogens is 1. The van der Waals surface area contributed by atoms with E-state index in [0.29, 0.717) is 11.5 Å². The number of nitrogens with one attached hydrogen (secondary N) is 1. The Morgan fingerprint density at radius 2 is 1.79 bits per heavy atom. The van der Waals surface area contributed by atoms with Gasteiger partial charge >= 0.3 is 11.7 Å². The number of anilines is 2. The number of benzene rings is 2. The summed E-state index contributed by atoms with van der Waals surface area (Å²) in [4.78, 5) is 52.9. The highest BCUT2D eigenvalue weighted by molar-refractivity contribution is 5.96. The Bertz CT molecular complexity index is 1330. The van der Waals surface area contributed by atoms with Crippen molar-refractivity contribution in [2.24, 2.45) is 0 Å². The first-order valence-corrected chi connectivity index (χ1v) is 10.3. The number of hydrogen-bond acceptors (Lipinski definition) is 8. The Hall–Kier alpha value is -4.54. The van der Waals surface area contributed by atoms with Crippen LogP contribution in [-0.4, -0.2) is 47.8 Å². The van der Waals surface area contributed by atoms with Gasteiger partial charge in [0.1, 0.15) is 12.4 Å². The fourth-order valence-electron chi connectivity index (χ4n) is 3.41. The van der Waals surface area contributed by atoms with Crippen LogP contribution in [0.15, 0.2) is 64.2 Å². The maximum Gasteiger partial charge on any atom is 0.351 e. The molecule has 0 aliphatic carbocycles. The number of fused-ring (bicyclic) bond motifs is 1. The molecule has 3 N–H and O–H groups in total. The van der Waals surface area contributed by atoms with Crippen LogP contribution >= 0.6 is 0 Å². The molecule has 0 bridgehead atoms. The molecule has 1 aliphatic heterocycles. The summed E-state index contributed by atoms with van der Waals surface area (Å²) in [5.41, 5.74) is 5.08. The van der Waals surface area contributed by atoms with Crippen LogP contribution in [0.3, 0.4) is 0 Å². The normalized spacial score (nSPS) is 14.3. The first-order valence-electron chi connectivity index (χ1n) is 10.3. The lowest BCUT2D eigenvalue weighted by Gasteiger charge is -2.25. The second-order valence-electron chi connectivity index (χ2n) is 7.49. The number of amides is 1. The van der Waals surface area contributed by atoms with E-state index < -0.39 is 35.8 Å². The van der Waals surface area contributed by atoms with E-state index in [1.54, 1.807) is 48.5 Å². The molecular formula is C23H22N4O7. The summed E-state index contributed by atoms with van der Waals surface area (Å²) in [6.45, 7) is -0.655. The lowest BCUT2D eigenvalue weighted by molar-refractivity contribution is -0.157. The summed E-state index contributed by atoms with van der Waals surface area (Å²) < 4.78 is 17.2. The lowest BCUT2D eigenvalue weighted by Crippen LogP contribution is -2.42. The van der Waals surface area contributed by atoms with Gasteiger partial charge in [0, 0.05) is 7.05 Å². The van der Waals surface area contributed by atoms with Crippen molar-refractivity contribution in [1.29, 1.82) is 0 Å². The molecule has 1 aromatic heterocycles. The van der Waals surface area contributed by atoms with Gasteiger partial charge in [0.25, 0.3) is 11.5 Å². The van der Waals surface area contributed by atoms with E-state index in [9.17, 15) is 19.2 Å². The molecule has 0 fully saturated rings. The second-order valence-corrected chi connectivity index (χ2v) is 7.49. The van der Waals surface area contributed by atoms with Gasteiger partial charge in [-0.15, -0.1) is 0 Å². The fraction of sp³-hybridized carbons (Fsp3) is 0.217. The minimum atomic E-state index is -1.05. The van der Waals surface area contributed by atoms with Crippen molar-refractivity contribution in [2.75, 3.05) is 30.9 Å².